The number of nitrogens with zero attached hydrogens (tertiary/aromatic N) is 3. The summed E-state index contributed by atoms with van der Waals surface area (Å²) in [4.78, 5) is 30.5. The van der Waals surface area contributed by atoms with Crippen LogP contribution >= 0.6 is 0 Å². The fourth-order valence-electron chi connectivity index (χ4n) is 3.42. The van der Waals surface area contributed by atoms with Crippen LogP contribution < -0.4 is 9.64 Å². The molecule has 1 saturated heterocycles. The molecule has 28 heavy (non-hydrogen) atoms. The fraction of sp³-hybridized carbons (Fsp3) is 0.364. The first-order valence-corrected chi connectivity index (χ1v) is 9.40. The van der Waals surface area contributed by atoms with Crippen molar-refractivity contribution in [1.29, 1.82) is 0 Å². The summed E-state index contributed by atoms with van der Waals surface area (Å²) < 4.78 is 5.30. The van der Waals surface area contributed by atoms with Crippen LogP contribution in [0.5, 0.6) is 5.75 Å². The van der Waals surface area contributed by atoms with Crippen molar-refractivity contribution in [1.82, 2.24) is 9.80 Å². The first-order valence-electron chi connectivity index (χ1n) is 9.40. The highest BCUT2D eigenvalue weighted by atomic mass is 16.5. The summed E-state index contributed by atoms with van der Waals surface area (Å²) in [5.74, 6) is 0.708. The monoisotopic (exact) mass is 381 g/mol. The third kappa shape index (κ3) is 4.70. The number of hydrogen-bond donors (Lipinski definition) is 0. The molecule has 1 aliphatic heterocycles. The van der Waals surface area contributed by atoms with E-state index in [9.17, 15) is 9.59 Å². The van der Waals surface area contributed by atoms with Gasteiger partial charge in [-0.15, -0.1) is 0 Å². The molecular formula is C22H27N3O3. The van der Waals surface area contributed by atoms with Gasteiger partial charge < -0.3 is 14.5 Å². The number of likely N-dealkylation sites (N-methyl/N-ethyl adjacent to an activating group) is 1. The van der Waals surface area contributed by atoms with Crippen LogP contribution in [0.2, 0.25) is 0 Å². The highest BCUT2D eigenvalue weighted by Gasteiger charge is 2.34. The summed E-state index contributed by atoms with van der Waals surface area (Å²) in [5.41, 5.74) is 2.01. The Bertz CT molecular complexity index is 823. The number of ether oxygens (including phenoxy) is 1. The van der Waals surface area contributed by atoms with Gasteiger partial charge in [-0.3, -0.25) is 14.5 Å². The predicted molar refractivity (Wildman–Crippen MR) is 110 cm³/mol. The summed E-state index contributed by atoms with van der Waals surface area (Å²) in [6.45, 7) is 0.984. The maximum atomic E-state index is 12.9. The van der Waals surface area contributed by atoms with Gasteiger partial charge >= 0.3 is 0 Å². The van der Waals surface area contributed by atoms with Crippen LogP contribution in [-0.4, -0.2) is 68.5 Å². The third-order valence-electron chi connectivity index (χ3n) is 5.07. The summed E-state index contributed by atoms with van der Waals surface area (Å²) in [6.07, 6.45) is 0.773. The maximum absolute atomic E-state index is 12.9. The molecule has 6 heteroatoms. The maximum Gasteiger partial charge on any atom is 0.241 e. The molecule has 0 unspecified atom stereocenters. The molecule has 0 spiro atoms. The van der Waals surface area contributed by atoms with Crippen molar-refractivity contribution in [2.45, 2.75) is 12.5 Å². The Morgan fingerprint density at radius 1 is 1.14 bits per heavy atom. The van der Waals surface area contributed by atoms with E-state index >= 15 is 0 Å². The van der Waals surface area contributed by atoms with E-state index in [4.69, 9.17) is 4.74 Å². The van der Waals surface area contributed by atoms with Gasteiger partial charge in [0.1, 0.15) is 5.75 Å². The molecular weight excluding hydrogens is 354 g/mol. The largest absolute Gasteiger partial charge is 0.497 e. The lowest BCUT2D eigenvalue weighted by Gasteiger charge is -2.41. The predicted octanol–water partition coefficient (Wildman–Crippen LogP) is 2.04. The van der Waals surface area contributed by atoms with E-state index in [2.05, 4.69) is 12.1 Å². The number of carbonyl (C=O) groups is 2. The molecule has 2 aromatic carbocycles. The highest BCUT2D eigenvalue weighted by molar-refractivity contribution is 5.96. The number of benzene rings is 2. The first-order chi connectivity index (χ1) is 13.5. The Labute approximate surface area is 166 Å². The number of piperazine rings is 1. The molecule has 1 fully saturated rings. The van der Waals surface area contributed by atoms with Crippen molar-refractivity contribution in [3.63, 3.8) is 0 Å². The van der Waals surface area contributed by atoms with E-state index in [0.29, 0.717) is 6.54 Å². The highest BCUT2D eigenvalue weighted by Crippen LogP contribution is 2.25. The van der Waals surface area contributed by atoms with E-state index in [0.717, 1.165) is 17.9 Å². The van der Waals surface area contributed by atoms with Gasteiger partial charge in [0.15, 0.2) is 0 Å². The fourth-order valence-corrected chi connectivity index (χ4v) is 3.42. The zero-order valence-electron chi connectivity index (χ0n) is 16.7. The molecule has 2 aromatic rings. The molecule has 0 N–H and O–H groups in total. The minimum Gasteiger partial charge on any atom is -0.497 e. The average Bonchev–Trinajstić information content (AvgIpc) is 2.70. The number of amides is 2. The molecule has 0 radical (unpaired) electrons. The van der Waals surface area contributed by atoms with Crippen molar-refractivity contribution >= 4 is 17.5 Å². The second kappa shape index (κ2) is 8.89. The lowest BCUT2D eigenvalue weighted by Crippen LogP contribution is -2.58. The minimum atomic E-state index is -0.0101. The van der Waals surface area contributed by atoms with Gasteiger partial charge in [-0.1, -0.05) is 36.4 Å². The quantitative estimate of drug-likeness (QED) is 0.769. The molecule has 6 nitrogen and oxygen atoms in total. The van der Waals surface area contributed by atoms with Gasteiger partial charge in [0.05, 0.1) is 20.2 Å². The van der Waals surface area contributed by atoms with Crippen LogP contribution in [0, 0.1) is 0 Å². The van der Waals surface area contributed by atoms with Crippen LogP contribution in [0.3, 0.4) is 0 Å². The molecule has 1 atom stereocenters. The average molecular weight is 381 g/mol. The molecule has 3 rings (SSSR count). The van der Waals surface area contributed by atoms with E-state index < -0.39 is 0 Å². The van der Waals surface area contributed by atoms with Crippen molar-refractivity contribution < 1.29 is 14.3 Å². The van der Waals surface area contributed by atoms with E-state index in [-0.39, 0.29) is 30.9 Å². The van der Waals surface area contributed by atoms with E-state index in [1.807, 2.05) is 47.4 Å². The molecule has 1 aliphatic rings. The van der Waals surface area contributed by atoms with Crippen LogP contribution in [-0.2, 0) is 16.0 Å². The van der Waals surface area contributed by atoms with Crippen molar-refractivity contribution in [2.75, 3.05) is 45.7 Å². The van der Waals surface area contributed by atoms with Gasteiger partial charge in [-0.2, -0.15) is 0 Å². The van der Waals surface area contributed by atoms with Crippen LogP contribution in [0.4, 0.5) is 5.69 Å². The lowest BCUT2D eigenvalue weighted by atomic mass is 10.0. The minimum absolute atomic E-state index is 0.000641. The van der Waals surface area contributed by atoms with Crippen molar-refractivity contribution in [3.05, 3.63) is 60.2 Å². The van der Waals surface area contributed by atoms with Gasteiger partial charge in [0, 0.05) is 38.4 Å². The third-order valence-corrected chi connectivity index (χ3v) is 5.07. The molecule has 0 saturated carbocycles. The second-order valence-electron chi connectivity index (χ2n) is 7.24. The van der Waals surface area contributed by atoms with E-state index in [1.54, 1.807) is 31.0 Å². The number of hydrogen-bond acceptors (Lipinski definition) is 4. The number of rotatable bonds is 6. The summed E-state index contributed by atoms with van der Waals surface area (Å²) in [6, 6.07) is 17.8. The molecule has 0 aromatic heterocycles. The Kier molecular flexibility index (Phi) is 6.31. The Balaban J connectivity index is 1.84. The van der Waals surface area contributed by atoms with Crippen molar-refractivity contribution in [2.24, 2.45) is 0 Å². The Hall–Kier alpha value is -2.86. The van der Waals surface area contributed by atoms with Gasteiger partial charge in [0.25, 0.3) is 0 Å². The number of anilines is 1. The summed E-state index contributed by atoms with van der Waals surface area (Å²) >= 11 is 0. The first kappa shape index (κ1) is 19.9. The Morgan fingerprint density at radius 2 is 1.89 bits per heavy atom. The topological polar surface area (TPSA) is 53.1 Å². The standard InChI is InChI=1S/C22H27N3O3/c1-23(2)21(26)15-24-16-22(27)25(18-10-7-11-20(13-18)28-3)14-19(24)12-17-8-5-4-6-9-17/h4-11,13,19H,12,14-16H2,1-3H3/t19-/m0/s1. The Morgan fingerprint density at radius 3 is 2.57 bits per heavy atom. The molecule has 0 bridgehead atoms. The number of methoxy groups -OCH3 is 1. The molecule has 0 aliphatic carbocycles. The van der Waals surface area contributed by atoms with E-state index in [1.165, 1.54) is 5.56 Å². The molecule has 1 heterocycles. The summed E-state index contributed by atoms with van der Waals surface area (Å²) in [7, 11) is 5.09. The zero-order chi connectivity index (χ0) is 20.1. The smallest absolute Gasteiger partial charge is 0.241 e. The summed E-state index contributed by atoms with van der Waals surface area (Å²) in [5, 5.41) is 0. The number of carbonyl (C=O) groups excluding carboxylic acids is 2. The van der Waals surface area contributed by atoms with Gasteiger partial charge in [-0.05, 0) is 24.1 Å². The second-order valence-corrected chi connectivity index (χ2v) is 7.24. The van der Waals surface area contributed by atoms with Crippen molar-refractivity contribution in [3.8, 4) is 5.75 Å². The normalized spacial score (nSPS) is 17.5. The van der Waals surface area contributed by atoms with Crippen LogP contribution in [0.1, 0.15) is 5.56 Å². The lowest BCUT2D eigenvalue weighted by molar-refractivity contribution is -0.132. The SMILES string of the molecule is COc1cccc(N2C[C@H](Cc3ccccc3)N(CC(=O)N(C)C)CC2=O)c1. The molecule has 148 valence electrons. The molecule has 2 amide bonds. The van der Waals surface area contributed by atoms with Crippen LogP contribution in [0.15, 0.2) is 54.6 Å². The van der Waals surface area contributed by atoms with Gasteiger partial charge in [-0.25, -0.2) is 0 Å². The van der Waals surface area contributed by atoms with Gasteiger partial charge in [0.2, 0.25) is 11.8 Å². The zero-order valence-corrected chi connectivity index (χ0v) is 16.7. The van der Waals surface area contributed by atoms with Crippen LogP contribution in [0.25, 0.3) is 0 Å².